The second-order valence-corrected chi connectivity index (χ2v) is 6.19. The summed E-state index contributed by atoms with van der Waals surface area (Å²) in [4.78, 5) is 18.0. The largest absolute Gasteiger partial charge is 0.403 e. The van der Waals surface area contributed by atoms with Crippen LogP contribution in [0.5, 0.6) is 0 Å². The predicted molar refractivity (Wildman–Crippen MR) is 93.5 cm³/mol. The van der Waals surface area contributed by atoms with Gasteiger partial charge in [-0.25, -0.2) is 0 Å². The zero-order valence-corrected chi connectivity index (χ0v) is 15.3. The Kier molecular flexibility index (Phi) is 6.99. The van der Waals surface area contributed by atoms with Crippen molar-refractivity contribution in [2.24, 2.45) is 4.99 Å². The lowest BCUT2D eigenvalue weighted by Gasteiger charge is -2.39. The van der Waals surface area contributed by atoms with E-state index >= 15 is 0 Å². The minimum Gasteiger partial charge on any atom is -0.357 e. The number of nitrogens with zero attached hydrogens (tertiary/aromatic N) is 6. The molecule has 0 aliphatic carbocycles. The highest BCUT2D eigenvalue weighted by Crippen LogP contribution is 2.25. The Labute approximate surface area is 155 Å². The first-order valence-electron chi connectivity index (χ1n) is 8.73. The molecule has 1 aromatic rings. The monoisotopic (exact) mass is 391 g/mol. The molecule has 2 heterocycles. The Morgan fingerprint density at radius 3 is 2.59 bits per heavy atom. The first kappa shape index (κ1) is 20.9. The van der Waals surface area contributed by atoms with Crippen molar-refractivity contribution in [1.29, 1.82) is 0 Å². The first-order chi connectivity index (χ1) is 12.7. The molecule has 0 spiro atoms. The van der Waals surface area contributed by atoms with E-state index in [1.807, 2.05) is 11.8 Å². The molecule has 2 rings (SSSR count). The lowest BCUT2D eigenvalue weighted by molar-refractivity contribution is -0.385. The van der Waals surface area contributed by atoms with Crippen molar-refractivity contribution in [3.63, 3.8) is 0 Å². The maximum atomic E-state index is 12.8. The molecule has 1 atom stereocenters. The number of halogens is 3. The molecule has 1 N–H and O–H groups in total. The van der Waals surface area contributed by atoms with Crippen molar-refractivity contribution in [1.82, 2.24) is 24.9 Å². The number of piperazine rings is 1. The van der Waals surface area contributed by atoms with Gasteiger partial charge in [0.15, 0.2) is 5.96 Å². The van der Waals surface area contributed by atoms with Gasteiger partial charge in [-0.05, 0) is 13.8 Å². The molecular weight excluding hydrogens is 367 g/mol. The standard InChI is InChI=1S/C15H24F3N7O2/c1-3-19-14(20-4-5-24-11-13(10-21-24)25(26)27)23-8-6-22(7-9-23)12(2)15(16,17)18/h10-12H,3-9H2,1-2H3,(H,19,20). The highest BCUT2D eigenvalue weighted by Gasteiger charge is 2.41. The summed E-state index contributed by atoms with van der Waals surface area (Å²) in [5.74, 6) is 0.624. The van der Waals surface area contributed by atoms with E-state index in [0.717, 1.165) is 0 Å². The molecule has 1 aliphatic heterocycles. The number of hydrogen-bond acceptors (Lipinski definition) is 5. The molecule has 12 heteroatoms. The highest BCUT2D eigenvalue weighted by molar-refractivity contribution is 5.80. The fourth-order valence-corrected chi connectivity index (χ4v) is 2.78. The maximum absolute atomic E-state index is 12.8. The molecule has 27 heavy (non-hydrogen) atoms. The third-order valence-corrected chi connectivity index (χ3v) is 4.39. The van der Waals surface area contributed by atoms with Gasteiger partial charge in [-0.2, -0.15) is 18.3 Å². The van der Waals surface area contributed by atoms with Gasteiger partial charge in [0.25, 0.3) is 0 Å². The molecule has 0 amide bonds. The SMILES string of the molecule is CCNC(=NCCn1cc([N+](=O)[O-])cn1)N1CCN(C(C)C(F)(F)F)CC1. The predicted octanol–water partition coefficient (Wildman–Crippen LogP) is 1.33. The topological polar surface area (TPSA) is 91.8 Å². The molecular formula is C15H24F3N7O2. The molecule has 0 radical (unpaired) electrons. The van der Waals surface area contributed by atoms with Crippen LogP contribution in [0.15, 0.2) is 17.4 Å². The van der Waals surface area contributed by atoms with Crippen LogP contribution in [0.1, 0.15) is 13.8 Å². The quantitative estimate of drug-likeness (QED) is 0.340. The van der Waals surface area contributed by atoms with E-state index in [0.29, 0.717) is 51.8 Å². The normalized spacial score (nSPS) is 17.8. The highest BCUT2D eigenvalue weighted by atomic mass is 19.4. The summed E-state index contributed by atoms with van der Waals surface area (Å²) in [5, 5.41) is 17.7. The van der Waals surface area contributed by atoms with Crippen molar-refractivity contribution in [2.45, 2.75) is 32.6 Å². The Hall–Kier alpha value is -2.37. The van der Waals surface area contributed by atoms with Gasteiger partial charge in [-0.3, -0.25) is 24.7 Å². The van der Waals surface area contributed by atoms with Crippen molar-refractivity contribution >= 4 is 11.6 Å². The van der Waals surface area contributed by atoms with Crippen LogP contribution >= 0.6 is 0 Å². The number of aromatic nitrogens is 2. The summed E-state index contributed by atoms with van der Waals surface area (Å²) in [6.45, 7) is 5.93. The van der Waals surface area contributed by atoms with Gasteiger partial charge in [-0.15, -0.1) is 0 Å². The van der Waals surface area contributed by atoms with Crippen LogP contribution in [0.4, 0.5) is 18.9 Å². The molecule has 152 valence electrons. The van der Waals surface area contributed by atoms with Crippen molar-refractivity contribution < 1.29 is 18.1 Å². The Morgan fingerprint density at radius 2 is 2.07 bits per heavy atom. The average molecular weight is 391 g/mol. The molecule has 0 bridgehead atoms. The Bertz CT molecular complexity index is 654. The average Bonchev–Trinajstić information content (AvgIpc) is 3.09. The summed E-state index contributed by atoms with van der Waals surface area (Å²) < 4.78 is 40.0. The number of hydrogen-bond donors (Lipinski definition) is 1. The summed E-state index contributed by atoms with van der Waals surface area (Å²) in [6, 6.07) is -1.46. The minimum absolute atomic E-state index is 0.0826. The summed E-state index contributed by atoms with van der Waals surface area (Å²) in [5.41, 5.74) is -0.0826. The van der Waals surface area contributed by atoms with E-state index in [9.17, 15) is 23.3 Å². The van der Waals surface area contributed by atoms with Gasteiger partial charge >= 0.3 is 11.9 Å². The van der Waals surface area contributed by atoms with Crippen LogP contribution in [0.3, 0.4) is 0 Å². The Morgan fingerprint density at radius 1 is 1.41 bits per heavy atom. The second-order valence-electron chi connectivity index (χ2n) is 6.19. The zero-order valence-electron chi connectivity index (χ0n) is 15.3. The minimum atomic E-state index is -4.23. The van der Waals surface area contributed by atoms with Crippen LogP contribution in [0.25, 0.3) is 0 Å². The lowest BCUT2D eigenvalue weighted by Crippen LogP contribution is -2.56. The van der Waals surface area contributed by atoms with E-state index in [-0.39, 0.29) is 5.69 Å². The fourth-order valence-electron chi connectivity index (χ4n) is 2.78. The molecule has 9 nitrogen and oxygen atoms in total. The van der Waals surface area contributed by atoms with E-state index in [1.165, 1.54) is 28.9 Å². The van der Waals surface area contributed by atoms with Crippen LogP contribution in [-0.2, 0) is 6.54 Å². The summed E-state index contributed by atoms with van der Waals surface area (Å²) in [7, 11) is 0. The lowest BCUT2D eigenvalue weighted by atomic mass is 10.2. The van der Waals surface area contributed by atoms with Crippen LogP contribution in [0, 0.1) is 10.1 Å². The molecule has 1 unspecified atom stereocenters. The van der Waals surface area contributed by atoms with E-state index in [4.69, 9.17) is 0 Å². The van der Waals surface area contributed by atoms with Crippen molar-refractivity contribution in [3.05, 3.63) is 22.5 Å². The summed E-state index contributed by atoms with van der Waals surface area (Å²) in [6.07, 6.45) is -1.72. The van der Waals surface area contributed by atoms with Crippen LogP contribution < -0.4 is 5.32 Å². The fraction of sp³-hybridized carbons (Fsp3) is 0.733. The van der Waals surface area contributed by atoms with Crippen molar-refractivity contribution in [3.8, 4) is 0 Å². The number of nitro groups is 1. The van der Waals surface area contributed by atoms with E-state index < -0.39 is 17.1 Å². The Balaban J connectivity index is 1.90. The van der Waals surface area contributed by atoms with E-state index in [2.05, 4.69) is 15.4 Å². The third-order valence-electron chi connectivity index (χ3n) is 4.39. The smallest absolute Gasteiger partial charge is 0.357 e. The van der Waals surface area contributed by atoms with Gasteiger partial charge < -0.3 is 10.2 Å². The van der Waals surface area contributed by atoms with Crippen LogP contribution in [0.2, 0.25) is 0 Å². The van der Waals surface area contributed by atoms with E-state index in [1.54, 1.807) is 0 Å². The molecule has 1 aromatic heterocycles. The first-order valence-corrected chi connectivity index (χ1v) is 8.73. The second kappa shape index (κ2) is 9.02. The molecule has 0 saturated carbocycles. The number of alkyl halides is 3. The van der Waals surface area contributed by atoms with Crippen molar-refractivity contribution in [2.75, 3.05) is 39.3 Å². The zero-order chi connectivity index (χ0) is 20.0. The molecule has 1 aliphatic rings. The number of guanidine groups is 1. The van der Waals surface area contributed by atoms with Gasteiger partial charge in [0.1, 0.15) is 18.4 Å². The number of aliphatic imine (C=N–C) groups is 1. The molecule has 0 aromatic carbocycles. The van der Waals surface area contributed by atoms with Gasteiger partial charge in [0.05, 0.1) is 18.0 Å². The third kappa shape index (κ3) is 5.81. The van der Waals surface area contributed by atoms with Gasteiger partial charge in [0.2, 0.25) is 0 Å². The molecule has 1 saturated heterocycles. The maximum Gasteiger partial charge on any atom is 0.403 e. The molecule has 1 fully saturated rings. The summed E-state index contributed by atoms with van der Waals surface area (Å²) >= 11 is 0. The van der Waals surface area contributed by atoms with Gasteiger partial charge in [0, 0.05) is 32.7 Å². The number of rotatable bonds is 6. The number of nitrogens with one attached hydrogen (secondary N) is 1. The van der Waals surface area contributed by atoms with Crippen LogP contribution in [-0.4, -0.2) is 81.9 Å². The van der Waals surface area contributed by atoms with Gasteiger partial charge in [-0.1, -0.05) is 0 Å².